The van der Waals surface area contributed by atoms with Crippen LogP contribution in [-0.4, -0.2) is 30.2 Å². The molecule has 0 aromatic carbocycles. The van der Waals surface area contributed by atoms with E-state index in [0.717, 1.165) is 6.42 Å². The lowest BCUT2D eigenvalue weighted by molar-refractivity contribution is -0.122. The Morgan fingerprint density at radius 2 is 2.36 bits per heavy atom. The molecular weight excluding hydrogens is 144 g/mol. The molecule has 1 amide bonds. The summed E-state index contributed by atoms with van der Waals surface area (Å²) < 4.78 is 0. The van der Waals surface area contributed by atoms with Crippen LogP contribution in [0.1, 0.15) is 12.8 Å². The van der Waals surface area contributed by atoms with Crippen LogP contribution in [-0.2, 0) is 4.79 Å². The van der Waals surface area contributed by atoms with Crippen LogP contribution in [0.4, 0.5) is 0 Å². The minimum absolute atomic E-state index is 0.0333. The second-order valence-corrected chi connectivity index (χ2v) is 2.87. The van der Waals surface area contributed by atoms with Gasteiger partial charge in [-0.25, -0.2) is 0 Å². The monoisotopic (exact) mass is 158 g/mol. The summed E-state index contributed by atoms with van der Waals surface area (Å²) in [7, 11) is 0. The van der Waals surface area contributed by atoms with Gasteiger partial charge in [-0.2, -0.15) is 0 Å². The molecule has 1 rings (SSSR count). The highest BCUT2D eigenvalue weighted by Crippen LogP contribution is 2.27. The summed E-state index contributed by atoms with van der Waals surface area (Å²) >= 11 is 0. The van der Waals surface area contributed by atoms with Crippen molar-refractivity contribution in [2.75, 3.05) is 13.2 Å². The predicted octanol–water partition coefficient (Wildman–Crippen LogP) is -1.17. The summed E-state index contributed by atoms with van der Waals surface area (Å²) in [5, 5.41) is 11.1. The third-order valence-corrected chi connectivity index (χ3v) is 1.81. The molecule has 0 radical (unpaired) electrons. The van der Waals surface area contributed by atoms with Gasteiger partial charge in [0, 0.05) is 19.2 Å². The van der Waals surface area contributed by atoms with Crippen LogP contribution in [0.3, 0.4) is 0 Å². The maximum Gasteiger partial charge on any atom is 0.224 e. The zero-order valence-corrected chi connectivity index (χ0v) is 6.42. The molecule has 0 bridgehead atoms. The summed E-state index contributed by atoms with van der Waals surface area (Å²) in [6, 6.07) is 0.0733. The van der Waals surface area contributed by atoms with Crippen molar-refractivity contribution in [2.24, 2.45) is 11.7 Å². The van der Waals surface area contributed by atoms with E-state index in [9.17, 15) is 4.79 Å². The maximum atomic E-state index is 11.0. The van der Waals surface area contributed by atoms with Gasteiger partial charge < -0.3 is 16.2 Å². The van der Waals surface area contributed by atoms with Crippen LogP contribution in [0.25, 0.3) is 0 Å². The fourth-order valence-electron chi connectivity index (χ4n) is 0.938. The van der Waals surface area contributed by atoms with Gasteiger partial charge in [0.25, 0.3) is 0 Å². The topological polar surface area (TPSA) is 75.4 Å². The number of nitrogens with one attached hydrogen (secondary N) is 1. The van der Waals surface area contributed by atoms with Crippen LogP contribution in [0, 0.1) is 5.92 Å². The second kappa shape index (κ2) is 3.69. The molecule has 1 saturated carbocycles. The zero-order valence-electron chi connectivity index (χ0n) is 6.42. The molecule has 0 spiro atoms. The molecule has 64 valence electrons. The third kappa shape index (κ3) is 2.48. The first-order chi connectivity index (χ1) is 5.25. The van der Waals surface area contributed by atoms with Gasteiger partial charge in [-0.3, -0.25) is 4.79 Å². The van der Waals surface area contributed by atoms with Gasteiger partial charge in [0.2, 0.25) is 5.91 Å². The van der Waals surface area contributed by atoms with Crippen molar-refractivity contribution < 1.29 is 9.90 Å². The number of nitrogens with two attached hydrogens (primary N) is 1. The molecular formula is C7H14N2O2. The molecule has 0 aromatic rings. The fraction of sp³-hybridized carbons (Fsp3) is 0.857. The predicted molar refractivity (Wildman–Crippen MR) is 40.8 cm³/mol. The Hall–Kier alpha value is -0.610. The van der Waals surface area contributed by atoms with Crippen molar-refractivity contribution in [3.8, 4) is 0 Å². The molecule has 4 heteroatoms. The molecule has 1 aliphatic carbocycles. The number of aliphatic hydroxyl groups excluding tert-OH is 1. The van der Waals surface area contributed by atoms with Gasteiger partial charge in [-0.15, -0.1) is 0 Å². The largest absolute Gasteiger partial charge is 0.396 e. The first-order valence-electron chi connectivity index (χ1n) is 3.90. The normalized spacial score (nSPS) is 28.2. The average Bonchev–Trinajstić information content (AvgIpc) is 2.67. The van der Waals surface area contributed by atoms with E-state index in [2.05, 4.69) is 5.32 Å². The van der Waals surface area contributed by atoms with Crippen LogP contribution < -0.4 is 11.1 Å². The lowest BCUT2D eigenvalue weighted by Gasteiger charge is -2.01. The van der Waals surface area contributed by atoms with Crippen molar-refractivity contribution >= 4 is 5.91 Å². The van der Waals surface area contributed by atoms with Gasteiger partial charge in [-0.05, 0) is 12.8 Å². The second-order valence-electron chi connectivity index (χ2n) is 2.87. The Balaban J connectivity index is 2.03. The molecule has 0 aliphatic heterocycles. The van der Waals surface area contributed by atoms with Gasteiger partial charge in [-0.1, -0.05) is 0 Å². The van der Waals surface area contributed by atoms with E-state index in [1.165, 1.54) is 0 Å². The smallest absolute Gasteiger partial charge is 0.224 e. The highest BCUT2D eigenvalue weighted by atomic mass is 16.3. The van der Waals surface area contributed by atoms with Gasteiger partial charge in [0.1, 0.15) is 0 Å². The average molecular weight is 158 g/mol. The third-order valence-electron chi connectivity index (χ3n) is 1.81. The van der Waals surface area contributed by atoms with Crippen molar-refractivity contribution in [1.29, 1.82) is 0 Å². The van der Waals surface area contributed by atoms with Crippen molar-refractivity contribution in [3.63, 3.8) is 0 Å². The Bertz CT molecular complexity index is 149. The molecule has 0 saturated heterocycles. The van der Waals surface area contributed by atoms with Gasteiger partial charge >= 0.3 is 0 Å². The van der Waals surface area contributed by atoms with E-state index in [0.29, 0.717) is 13.0 Å². The number of hydrogen-bond acceptors (Lipinski definition) is 3. The molecule has 0 aromatic heterocycles. The van der Waals surface area contributed by atoms with Crippen LogP contribution >= 0.6 is 0 Å². The van der Waals surface area contributed by atoms with Crippen molar-refractivity contribution in [2.45, 2.75) is 18.9 Å². The van der Waals surface area contributed by atoms with Gasteiger partial charge in [0.05, 0.1) is 5.92 Å². The molecule has 4 nitrogen and oxygen atoms in total. The number of aliphatic hydroxyl groups is 1. The van der Waals surface area contributed by atoms with Crippen LogP contribution in [0.15, 0.2) is 0 Å². The fourth-order valence-corrected chi connectivity index (χ4v) is 0.938. The van der Waals surface area contributed by atoms with E-state index in [1.54, 1.807) is 0 Å². The lowest BCUT2D eigenvalue weighted by atomic mass is 10.3. The highest BCUT2D eigenvalue weighted by Gasteiger charge is 2.39. The summed E-state index contributed by atoms with van der Waals surface area (Å²) in [5.74, 6) is 0.0691. The Morgan fingerprint density at radius 1 is 1.73 bits per heavy atom. The molecule has 4 N–H and O–H groups in total. The summed E-state index contributed by atoms with van der Waals surface area (Å²) in [5.41, 5.74) is 5.46. The minimum atomic E-state index is 0.0333. The molecule has 2 unspecified atom stereocenters. The summed E-state index contributed by atoms with van der Waals surface area (Å²) in [4.78, 5) is 11.0. The van der Waals surface area contributed by atoms with E-state index < -0.39 is 0 Å². The standard InChI is InChI=1S/C7H14N2O2/c8-6-4-5(6)7(11)9-2-1-3-10/h5-6,10H,1-4,8H2,(H,9,11). The SMILES string of the molecule is NC1CC1C(=O)NCCCO. The van der Waals surface area contributed by atoms with E-state index in [1.807, 2.05) is 0 Å². The Kier molecular flexibility index (Phi) is 2.84. The molecule has 1 aliphatic rings. The quantitative estimate of drug-likeness (QED) is 0.451. The minimum Gasteiger partial charge on any atom is -0.396 e. The van der Waals surface area contributed by atoms with E-state index >= 15 is 0 Å². The number of amides is 1. The number of hydrogen-bond donors (Lipinski definition) is 3. The Morgan fingerprint density at radius 3 is 2.82 bits per heavy atom. The van der Waals surface area contributed by atoms with Crippen LogP contribution in [0.2, 0.25) is 0 Å². The molecule has 0 heterocycles. The van der Waals surface area contributed by atoms with Gasteiger partial charge in [0.15, 0.2) is 0 Å². The molecule has 1 fully saturated rings. The number of rotatable bonds is 4. The maximum absolute atomic E-state index is 11.0. The molecule has 2 atom stereocenters. The molecule has 11 heavy (non-hydrogen) atoms. The Labute approximate surface area is 65.8 Å². The zero-order chi connectivity index (χ0) is 8.27. The highest BCUT2D eigenvalue weighted by molar-refractivity contribution is 5.82. The van der Waals surface area contributed by atoms with Crippen LogP contribution in [0.5, 0.6) is 0 Å². The summed E-state index contributed by atoms with van der Waals surface area (Å²) in [6.45, 7) is 0.676. The van der Waals surface area contributed by atoms with E-state index in [-0.39, 0.29) is 24.5 Å². The van der Waals surface area contributed by atoms with Crippen molar-refractivity contribution in [3.05, 3.63) is 0 Å². The van der Waals surface area contributed by atoms with Crippen molar-refractivity contribution in [1.82, 2.24) is 5.32 Å². The van der Waals surface area contributed by atoms with E-state index in [4.69, 9.17) is 10.8 Å². The lowest BCUT2D eigenvalue weighted by Crippen LogP contribution is -2.28. The first kappa shape index (κ1) is 8.49. The number of carbonyl (C=O) groups is 1. The summed E-state index contributed by atoms with van der Waals surface area (Å²) in [6.07, 6.45) is 1.43. The first-order valence-corrected chi connectivity index (χ1v) is 3.90. The number of carbonyl (C=O) groups excluding carboxylic acids is 1.